The first kappa shape index (κ1) is 11.0. The zero-order chi connectivity index (χ0) is 10.6. The standard InChI is InChI=1S/C13H18O/c1-4-10-7-8-11(5-2)12(9-10)13(14)6-3/h7-9H,4-6H2,1-3H3. The summed E-state index contributed by atoms with van der Waals surface area (Å²) in [7, 11) is 0. The fourth-order valence-electron chi connectivity index (χ4n) is 1.60. The Labute approximate surface area is 86.1 Å². The molecular weight excluding hydrogens is 172 g/mol. The molecule has 1 aromatic rings. The van der Waals surface area contributed by atoms with Crippen LogP contribution in [0.15, 0.2) is 18.2 Å². The van der Waals surface area contributed by atoms with Crippen molar-refractivity contribution >= 4 is 5.78 Å². The molecular formula is C13H18O. The normalized spacial score (nSPS) is 10.2. The van der Waals surface area contributed by atoms with Gasteiger partial charge in [0.1, 0.15) is 0 Å². The number of Topliss-reactive ketones (excluding diaryl/α,β-unsaturated/α-hetero) is 1. The molecule has 0 saturated heterocycles. The molecule has 0 saturated carbocycles. The van der Waals surface area contributed by atoms with Crippen LogP contribution < -0.4 is 0 Å². The highest BCUT2D eigenvalue weighted by Crippen LogP contribution is 2.15. The average molecular weight is 190 g/mol. The van der Waals surface area contributed by atoms with Crippen LogP contribution in [0.2, 0.25) is 0 Å². The molecule has 1 nitrogen and oxygen atoms in total. The van der Waals surface area contributed by atoms with Crippen molar-refractivity contribution in [3.8, 4) is 0 Å². The molecule has 0 unspecified atom stereocenters. The number of rotatable bonds is 4. The molecule has 76 valence electrons. The molecule has 0 radical (unpaired) electrons. The van der Waals surface area contributed by atoms with Crippen LogP contribution in [0.3, 0.4) is 0 Å². The summed E-state index contributed by atoms with van der Waals surface area (Å²) >= 11 is 0. The Bertz CT molecular complexity index is 326. The van der Waals surface area contributed by atoms with Gasteiger partial charge in [0, 0.05) is 12.0 Å². The van der Waals surface area contributed by atoms with E-state index >= 15 is 0 Å². The van der Waals surface area contributed by atoms with Crippen LogP contribution in [-0.4, -0.2) is 5.78 Å². The lowest BCUT2D eigenvalue weighted by atomic mass is 9.97. The highest BCUT2D eigenvalue weighted by atomic mass is 16.1. The van der Waals surface area contributed by atoms with Gasteiger partial charge in [-0.3, -0.25) is 4.79 Å². The number of carbonyl (C=O) groups is 1. The predicted molar refractivity (Wildman–Crippen MR) is 59.8 cm³/mol. The minimum Gasteiger partial charge on any atom is -0.294 e. The molecule has 0 atom stereocenters. The van der Waals surface area contributed by atoms with E-state index in [1.165, 1.54) is 11.1 Å². The smallest absolute Gasteiger partial charge is 0.162 e. The third kappa shape index (κ3) is 2.22. The largest absolute Gasteiger partial charge is 0.294 e. The summed E-state index contributed by atoms with van der Waals surface area (Å²) in [4.78, 5) is 11.7. The van der Waals surface area contributed by atoms with Crippen molar-refractivity contribution in [2.24, 2.45) is 0 Å². The Balaban J connectivity index is 3.14. The van der Waals surface area contributed by atoms with Crippen LogP contribution in [0.5, 0.6) is 0 Å². The second-order valence-electron chi connectivity index (χ2n) is 3.48. The lowest BCUT2D eigenvalue weighted by molar-refractivity contribution is 0.0987. The van der Waals surface area contributed by atoms with Crippen molar-refractivity contribution < 1.29 is 4.79 Å². The van der Waals surface area contributed by atoms with Crippen LogP contribution in [0, 0.1) is 0 Å². The van der Waals surface area contributed by atoms with Crippen molar-refractivity contribution in [1.82, 2.24) is 0 Å². The second-order valence-corrected chi connectivity index (χ2v) is 3.48. The first-order valence-electron chi connectivity index (χ1n) is 5.37. The van der Waals surface area contributed by atoms with E-state index in [2.05, 4.69) is 26.0 Å². The lowest BCUT2D eigenvalue weighted by Gasteiger charge is -2.07. The van der Waals surface area contributed by atoms with Gasteiger partial charge in [0.25, 0.3) is 0 Å². The maximum atomic E-state index is 11.7. The summed E-state index contributed by atoms with van der Waals surface area (Å²) in [5.74, 6) is 0.261. The molecule has 0 amide bonds. The summed E-state index contributed by atoms with van der Waals surface area (Å²) in [5, 5.41) is 0. The number of hydrogen-bond acceptors (Lipinski definition) is 1. The number of hydrogen-bond donors (Lipinski definition) is 0. The van der Waals surface area contributed by atoms with Crippen LogP contribution in [0.4, 0.5) is 0 Å². The second kappa shape index (κ2) is 4.94. The minimum absolute atomic E-state index is 0.261. The number of ketones is 1. The highest BCUT2D eigenvalue weighted by Gasteiger charge is 2.08. The van der Waals surface area contributed by atoms with Crippen molar-refractivity contribution in [3.05, 3.63) is 34.9 Å². The molecule has 0 aliphatic carbocycles. The van der Waals surface area contributed by atoms with Crippen LogP contribution >= 0.6 is 0 Å². The van der Waals surface area contributed by atoms with E-state index in [1.54, 1.807) is 0 Å². The maximum absolute atomic E-state index is 11.7. The third-order valence-electron chi connectivity index (χ3n) is 2.58. The first-order valence-corrected chi connectivity index (χ1v) is 5.37. The summed E-state index contributed by atoms with van der Waals surface area (Å²) in [5.41, 5.74) is 3.35. The molecule has 0 heterocycles. The topological polar surface area (TPSA) is 17.1 Å². The van der Waals surface area contributed by atoms with E-state index in [0.717, 1.165) is 18.4 Å². The van der Waals surface area contributed by atoms with Gasteiger partial charge in [-0.1, -0.05) is 32.9 Å². The summed E-state index contributed by atoms with van der Waals surface area (Å²) in [6.45, 7) is 6.12. The van der Waals surface area contributed by atoms with Gasteiger partial charge in [-0.2, -0.15) is 0 Å². The van der Waals surface area contributed by atoms with E-state index in [-0.39, 0.29) is 5.78 Å². The van der Waals surface area contributed by atoms with Gasteiger partial charge in [0.05, 0.1) is 0 Å². The van der Waals surface area contributed by atoms with E-state index in [0.29, 0.717) is 6.42 Å². The van der Waals surface area contributed by atoms with Crippen molar-refractivity contribution in [2.45, 2.75) is 40.0 Å². The maximum Gasteiger partial charge on any atom is 0.162 e. The minimum atomic E-state index is 0.261. The molecule has 0 bridgehead atoms. The summed E-state index contributed by atoms with van der Waals surface area (Å²) in [6, 6.07) is 6.25. The zero-order valence-electron chi connectivity index (χ0n) is 9.26. The number of benzene rings is 1. The molecule has 1 heteroatoms. The fourth-order valence-corrected chi connectivity index (χ4v) is 1.60. The molecule has 0 aliphatic rings. The van der Waals surface area contributed by atoms with Crippen molar-refractivity contribution in [2.75, 3.05) is 0 Å². The summed E-state index contributed by atoms with van der Waals surface area (Å²) in [6.07, 6.45) is 2.53. The quantitative estimate of drug-likeness (QED) is 0.665. The average Bonchev–Trinajstić information content (AvgIpc) is 2.27. The Kier molecular flexibility index (Phi) is 3.87. The number of aryl methyl sites for hydroxylation is 2. The zero-order valence-corrected chi connectivity index (χ0v) is 9.26. The van der Waals surface area contributed by atoms with Crippen LogP contribution in [0.1, 0.15) is 48.7 Å². The van der Waals surface area contributed by atoms with E-state index < -0.39 is 0 Å². The van der Waals surface area contributed by atoms with Gasteiger partial charge in [0.15, 0.2) is 5.78 Å². The van der Waals surface area contributed by atoms with E-state index in [9.17, 15) is 4.79 Å². The Morgan fingerprint density at radius 2 is 1.86 bits per heavy atom. The molecule has 0 aliphatic heterocycles. The fraction of sp³-hybridized carbons (Fsp3) is 0.462. The first-order chi connectivity index (χ1) is 6.72. The predicted octanol–water partition coefficient (Wildman–Crippen LogP) is 3.40. The molecule has 1 aromatic carbocycles. The lowest BCUT2D eigenvalue weighted by Crippen LogP contribution is -2.02. The van der Waals surface area contributed by atoms with Crippen molar-refractivity contribution in [1.29, 1.82) is 0 Å². The molecule has 0 aromatic heterocycles. The Morgan fingerprint density at radius 1 is 1.14 bits per heavy atom. The molecule has 0 fully saturated rings. The SMILES string of the molecule is CCC(=O)c1cc(CC)ccc1CC. The molecule has 14 heavy (non-hydrogen) atoms. The van der Waals surface area contributed by atoms with E-state index in [4.69, 9.17) is 0 Å². The Hall–Kier alpha value is -1.11. The molecule has 0 spiro atoms. The number of carbonyl (C=O) groups excluding carboxylic acids is 1. The van der Waals surface area contributed by atoms with Gasteiger partial charge >= 0.3 is 0 Å². The van der Waals surface area contributed by atoms with Gasteiger partial charge in [-0.25, -0.2) is 0 Å². The van der Waals surface area contributed by atoms with Gasteiger partial charge < -0.3 is 0 Å². The summed E-state index contributed by atoms with van der Waals surface area (Å²) < 4.78 is 0. The third-order valence-corrected chi connectivity index (χ3v) is 2.58. The van der Waals surface area contributed by atoms with Gasteiger partial charge in [-0.15, -0.1) is 0 Å². The molecule has 0 N–H and O–H groups in total. The highest BCUT2D eigenvalue weighted by molar-refractivity contribution is 5.97. The monoisotopic (exact) mass is 190 g/mol. The van der Waals surface area contributed by atoms with Gasteiger partial charge in [-0.05, 0) is 30.0 Å². The van der Waals surface area contributed by atoms with Crippen LogP contribution in [0.25, 0.3) is 0 Å². The molecule has 1 rings (SSSR count). The van der Waals surface area contributed by atoms with E-state index in [1.807, 2.05) is 13.0 Å². The van der Waals surface area contributed by atoms with Gasteiger partial charge in [0.2, 0.25) is 0 Å². The van der Waals surface area contributed by atoms with Crippen LogP contribution in [-0.2, 0) is 12.8 Å². The Morgan fingerprint density at radius 3 is 2.36 bits per heavy atom. The van der Waals surface area contributed by atoms with Crippen molar-refractivity contribution in [3.63, 3.8) is 0 Å².